The van der Waals surface area contributed by atoms with E-state index in [0.29, 0.717) is 18.9 Å². The molecule has 1 aromatic rings. The molecule has 0 aromatic carbocycles. The molecule has 1 aliphatic heterocycles. The molecule has 7 heteroatoms. The summed E-state index contributed by atoms with van der Waals surface area (Å²) in [5.74, 6) is 0.680. The molecule has 0 bridgehead atoms. The average molecular weight is 302 g/mol. The maximum Gasteiger partial charge on any atom is 0.244 e. The van der Waals surface area contributed by atoms with E-state index in [1.807, 2.05) is 20.8 Å². The first-order chi connectivity index (χ1) is 9.14. The Hall–Kier alpha value is -0.950. The van der Waals surface area contributed by atoms with Gasteiger partial charge in [-0.1, -0.05) is 25.9 Å². The lowest BCUT2D eigenvalue weighted by molar-refractivity contribution is 0.126. The standard InChI is InChI=1S/C13H22N2O4S/c1-8-10(6-7-18-8)20(16,17)9(2)11-14-12(15-19-11)13(3,4)5/h8-10H,6-7H2,1-5H3/t8-,9+,10-/m0/s1. The molecule has 6 nitrogen and oxygen atoms in total. The Balaban J connectivity index is 2.26. The Morgan fingerprint density at radius 2 is 2.00 bits per heavy atom. The maximum absolute atomic E-state index is 12.6. The van der Waals surface area contributed by atoms with Crippen LogP contribution in [0.4, 0.5) is 0 Å². The monoisotopic (exact) mass is 302 g/mol. The summed E-state index contributed by atoms with van der Waals surface area (Å²) in [5, 5.41) is 2.58. The van der Waals surface area contributed by atoms with Crippen LogP contribution in [-0.4, -0.2) is 36.5 Å². The summed E-state index contributed by atoms with van der Waals surface area (Å²) in [6.45, 7) is 9.72. The van der Waals surface area contributed by atoms with E-state index in [9.17, 15) is 8.42 Å². The Labute approximate surface area is 119 Å². The van der Waals surface area contributed by atoms with E-state index < -0.39 is 20.3 Å². The quantitative estimate of drug-likeness (QED) is 0.849. The zero-order chi connectivity index (χ0) is 15.1. The van der Waals surface area contributed by atoms with Crippen molar-refractivity contribution < 1.29 is 17.7 Å². The fourth-order valence-electron chi connectivity index (χ4n) is 2.25. The first-order valence-corrected chi connectivity index (χ1v) is 8.43. The molecule has 0 aliphatic carbocycles. The Kier molecular flexibility index (Phi) is 3.94. The van der Waals surface area contributed by atoms with E-state index in [4.69, 9.17) is 9.26 Å². The molecule has 2 heterocycles. The number of hydrogen-bond donors (Lipinski definition) is 0. The number of sulfone groups is 1. The number of rotatable bonds is 3. The van der Waals surface area contributed by atoms with E-state index in [0.717, 1.165) is 0 Å². The minimum absolute atomic E-state index is 0.161. The second kappa shape index (κ2) is 5.11. The van der Waals surface area contributed by atoms with Crippen LogP contribution in [0.2, 0.25) is 0 Å². The van der Waals surface area contributed by atoms with E-state index >= 15 is 0 Å². The highest BCUT2D eigenvalue weighted by Crippen LogP contribution is 2.32. The van der Waals surface area contributed by atoms with E-state index in [2.05, 4.69) is 10.1 Å². The van der Waals surface area contributed by atoms with Crippen molar-refractivity contribution in [1.82, 2.24) is 10.1 Å². The molecule has 20 heavy (non-hydrogen) atoms. The molecule has 1 aromatic heterocycles. The summed E-state index contributed by atoms with van der Waals surface area (Å²) in [6.07, 6.45) is 0.237. The third kappa shape index (κ3) is 2.74. The van der Waals surface area contributed by atoms with Gasteiger partial charge >= 0.3 is 0 Å². The number of hydrogen-bond acceptors (Lipinski definition) is 6. The maximum atomic E-state index is 12.6. The molecule has 0 amide bonds. The molecule has 114 valence electrons. The topological polar surface area (TPSA) is 82.3 Å². The summed E-state index contributed by atoms with van der Waals surface area (Å²) >= 11 is 0. The summed E-state index contributed by atoms with van der Waals surface area (Å²) in [5.41, 5.74) is -0.269. The number of aromatic nitrogens is 2. The Morgan fingerprint density at radius 1 is 1.35 bits per heavy atom. The summed E-state index contributed by atoms with van der Waals surface area (Å²) in [4.78, 5) is 4.25. The zero-order valence-electron chi connectivity index (χ0n) is 12.6. The average Bonchev–Trinajstić information content (AvgIpc) is 2.95. The summed E-state index contributed by atoms with van der Waals surface area (Å²) < 4.78 is 35.7. The fraction of sp³-hybridized carbons (Fsp3) is 0.846. The second-order valence-electron chi connectivity index (χ2n) is 6.34. The summed E-state index contributed by atoms with van der Waals surface area (Å²) in [7, 11) is -3.39. The van der Waals surface area contributed by atoms with Crippen molar-refractivity contribution in [3.05, 3.63) is 11.7 Å². The van der Waals surface area contributed by atoms with Crippen LogP contribution in [0.15, 0.2) is 4.52 Å². The van der Waals surface area contributed by atoms with Gasteiger partial charge in [0.05, 0.1) is 11.4 Å². The molecule has 0 spiro atoms. The third-order valence-corrected chi connectivity index (χ3v) is 6.33. The van der Waals surface area contributed by atoms with Crippen LogP contribution in [0.5, 0.6) is 0 Å². The predicted molar refractivity (Wildman–Crippen MR) is 74.2 cm³/mol. The van der Waals surface area contributed by atoms with Gasteiger partial charge in [0.2, 0.25) is 5.89 Å². The largest absolute Gasteiger partial charge is 0.377 e. The van der Waals surface area contributed by atoms with Crippen LogP contribution in [0.3, 0.4) is 0 Å². The van der Waals surface area contributed by atoms with Crippen LogP contribution < -0.4 is 0 Å². The van der Waals surface area contributed by atoms with E-state index in [1.54, 1.807) is 13.8 Å². The van der Waals surface area contributed by atoms with Crippen molar-refractivity contribution in [2.24, 2.45) is 0 Å². The lowest BCUT2D eigenvalue weighted by atomic mass is 9.96. The molecule has 1 aliphatic rings. The van der Waals surface area contributed by atoms with E-state index in [-0.39, 0.29) is 17.4 Å². The van der Waals surface area contributed by atoms with E-state index in [1.165, 1.54) is 0 Å². The molecular formula is C13H22N2O4S. The minimum Gasteiger partial charge on any atom is -0.377 e. The molecule has 0 saturated carbocycles. The van der Waals surface area contributed by atoms with Crippen LogP contribution >= 0.6 is 0 Å². The normalized spacial score (nSPS) is 25.9. The van der Waals surface area contributed by atoms with Crippen molar-refractivity contribution in [1.29, 1.82) is 0 Å². The number of ether oxygens (including phenoxy) is 1. The lowest BCUT2D eigenvalue weighted by Gasteiger charge is -2.18. The van der Waals surface area contributed by atoms with Crippen molar-refractivity contribution >= 4 is 9.84 Å². The smallest absolute Gasteiger partial charge is 0.244 e. The number of nitrogens with zero attached hydrogens (tertiary/aromatic N) is 2. The molecule has 1 fully saturated rings. The van der Waals surface area contributed by atoms with Gasteiger partial charge in [-0.3, -0.25) is 0 Å². The fourth-order valence-corrected chi connectivity index (χ4v) is 4.19. The van der Waals surface area contributed by atoms with Gasteiger partial charge in [-0.25, -0.2) is 8.42 Å². The highest BCUT2D eigenvalue weighted by molar-refractivity contribution is 7.92. The molecule has 1 saturated heterocycles. The van der Waals surface area contributed by atoms with Crippen molar-refractivity contribution in [3.63, 3.8) is 0 Å². The summed E-state index contributed by atoms with van der Waals surface area (Å²) in [6, 6.07) is 0. The lowest BCUT2D eigenvalue weighted by Crippen LogP contribution is -2.31. The zero-order valence-corrected chi connectivity index (χ0v) is 13.4. The third-order valence-electron chi connectivity index (χ3n) is 3.68. The van der Waals surface area contributed by atoms with Crippen LogP contribution in [0.25, 0.3) is 0 Å². The van der Waals surface area contributed by atoms with Gasteiger partial charge in [0.1, 0.15) is 5.25 Å². The van der Waals surface area contributed by atoms with Gasteiger partial charge in [-0.05, 0) is 20.3 Å². The van der Waals surface area contributed by atoms with Gasteiger partial charge in [0, 0.05) is 12.0 Å². The van der Waals surface area contributed by atoms with Crippen LogP contribution in [0.1, 0.15) is 58.0 Å². The Bertz CT molecular complexity index is 573. The Morgan fingerprint density at radius 3 is 2.45 bits per heavy atom. The van der Waals surface area contributed by atoms with Gasteiger partial charge in [-0.15, -0.1) is 0 Å². The van der Waals surface area contributed by atoms with Crippen LogP contribution in [0, 0.1) is 0 Å². The second-order valence-corrected chi connectivity index (χ2v) is 8.83. The molecule has 2 rings (SSSR count). The molecule has 3 atom stereocenters. The highest BCUT2D eigenvalue weighted by Gasteiger charge is 2.42. The minimum atomic E-state index is -3.39. The van der Waals surface area contributed by atoms with Crippen molar-refractivity contribution in [3.8, 4) is 0 Å². The van der Waals surface area contributed by atoms with Crippen LogP contribution in [-0.2, 0) is 20.0 Å². The van der Waals surface area contributed by atoms with Gasteiger partial charge in [-0.2, -0.15) is 4.98 Å². The van der Waals surface area contributed by atoms with Gasteiger partial charge in [0.15, 0.2) is 15.7 Å². The SMILES string of the molecule is C[C@@H]1OCC[C@@H]1S(=O)(=O)[C@H](C)c1nc(C(C)(C)C)no1. The predicted octanol–water partition coefficient (Wildman–Crippen LogP) is 2.02. The first-order valence-electron chi connectivity index (χ1n) is 6.82. The van der Waals surface area contributed by atoms with Crippen molar-refractivity contribution in [2.75, 3.05) is 6.61 Å². The molecular weight excluding hydrogens is 280 g/mol. The van der Waals surface area contributed by atoms with Gasteiger partial charge < -0.3 is 9.26 Å². The molecule has 0 N–H and O–H groups in total. The first kappa shape index (κ1) is 15.4. The highest BCUT2D eigenvalue weighted by atomic mass is 32.2. The molecule has 0 radical (unpaired) electrons. The molecule has 0 unspecified atom stereocenters. The van der Waals surface area contributed by atoms with Gasteiger partial charge in [0.25, 0.3) is 0 Å². The van der Waals surface area contributed by atoms with Crippen molar-refractivity contribution in [2.45, 2.75) is 63.1 Å².